The highest BCUT2D eigenvalue weighted by Gasteiger charge is 2.16. The molecule has 0 fully saturated rings. The van der Waals surface area contributed by atoms with Crippen molar-refractivity contribution in [1.29, 1.82) is 0 Å². The molecule has 1 unspecified atom stereocenters. The third-order valence-electron chi connectivity index (χ3n) is 2.32. The van der Waals surface area contributed by atoms with Gasteiger partial charge in [-0.05, 0) is 13.0 Å². The molecule has 17 heavy (non-hydrogen) atoms. The van der Waals surface area contributed by atoms with Gasteiger partial charge in [0.15, 0.2) is 0 Å². The lowest BCUT2D eigenvalue weighted by Gasteiger charge is -2.18. The molecule has 2 aromatic carbocycles. The first kappa shape index (κ1) is 12.8. The molecule has 0 saturated heterocycles. The monoisotopic (exact) mass is 308 g/mol. The van der Waals surface area contributed by atoms with E-state index in [0.717, 1.165) is 11.1 Å². The third-order valence-corrected chi connectivity index (χ3v) is 5.43. The summed E-state index contributed by atoms with van der Waals surface area (Å²) in [5.41, 5.74) is 0. The van der Waals surface area contributed by atoms with Crippen LogP contribution in [0, 0.1) is 0 Å². The molecule has 0 N–H and O–H groups in total. The van der Waals surface area contributed by atoms with Crippen molar-refractivity contribution >= 4 is 34.7 Å². The van der Waals surface area contributed by atoms with E-state index in [9.17, 15) is 0 Å². The number of hydrogen-bond donors (Lipinski definition) is 0. The van der Waals surface area contributed by atoms with Crippen LogP contribution in [0.4, 0.5) is 0 Å². The van der Waals surface area contributed by atoms with Crippen molar-refractivity contribution in [2.75, 3.05) is 6.61 Å². The van der Waals surface area contributed by atoms with E-state index in [1.54, 1.807) is 0 Å². The van der Waals surface area contributed by atoms with Crippen molar-refractivity contribution in [2.45, 2.75) is 6.92 Å². The Balaban J connectivity index is 2.39. The van der Waals surface area contributed by atoms with Crippen molar-refractivity contribution in [1.82, 2.24) is 0 Å². The predicted molar refractivity (Wildman–Crippen MR) is 78.4 cm³/mol. The molecule has 88 valence electrons. The fourth-order valence-corrected chi connectivity index (χ4v) is 4.12. The normalized spacial score (nSPS) is 12.4. The van der Waals surface area contributed by atoms with Crippen molar-refractivity contribution in [3.05, 3.63) is 59.1 Å². The van der Waals surface area contributed by atoms with E-state index in [1.165, 1.54) is 10.6 Å². The largest absolute Gasteiger partial charge is 0.350 e. The van der Waals surface area contributed by atoms with Crippen LogP contribution in [0.5, 0.6) is 0 Å². The smallest absolute Gasteiger partial charge is 0.0928 e. The number of hydrogen-bond acceptors (Lipinski definition) is 1. The molecule has 0 amide bonds. The van der Waals surface area contributed by atoms with Crippen LogP contribution >= 0.6 is 24.1 Å². The Morgan fingerprint density at radius 2 is 1.65 bits per heavy atom. The summed E-state index contributed by atoms with van der Waals surface area (Å²) in [6, 6.07) is 18.7. The first-order valence-electron chi connectivity index (χ1n) is 5.55. The molecule has 0 radical (unpaired) electrons. The van der Waals surface area contributed by atoms with E-state index in [1.807, 2.05) is 19.1 Å². The lowest BCUT2D eigenvalue weighted by atomic mass is 10.4. The maximum atomic E-state index is 5.93. The second kappa shape index (κ2) is 6.30. The Bertz CT molecular complexity index is 473. The van der Waals surface area contributed by atoms with Crippen LogP contribution in [0.25, 0.3) is 0 Å². The summed E-state index contributed by atoms with van der Waals surface area (Å²) in [5, 5.41) is 2.48. The highest BCUT2D eigenvalue weighted by atomic mass is 79.9. The summed E-state index contributed by atoms with van der Waals surface area (Å²) in [4.78, 5) is 0. The van der Waals surface area contributed by atoms with Crippen LogP contribution in [0.15, 0.2) is 59.1 Å². The fourth-order valence-electron chi connectivity index (χ4n) is 1.59. The Morgan fingerprint density at radius 1 is 1.00 bits per heavy atom. The third kappa shape index (κ3) is 3.16. The Kier molecular flexibility index (Phi) is 4.73. The van der Waals surface area contributed by atoms with Crippen molar-refractivity contribution < 1.29 is 4.52 Å². The Labute approximate surface area is 112 Å². The SMILES string of the molecule is CCOP(c1ccccc1)c1ccccc1Br. The topological polar surface area (TPSA) is 9.23 Å². The Morgan fingerprint density at radius 3 is 2.29 bits per heavy atom. The number of halogens is 1. The minimum absolute atomic E-state index is 0.719. The second-order valence-corrected chi connectivity index (χ2v) is 6.20. The van der Waals surface area contributed by atoms with E-state index >= 15 is 0 Å². The highest BCUT2D eigenvalue weighted by molar-refractivity contribution is 9.10. The van der Waals surface area contributed by atoms with Gasteiger partial charge in [-0.3, -0.25) is 0 Å². The van der Waals surface area contributed by atoms with Crippen molar-refractivity contribution in [3.63, 3.8) is 0 Å². The van der Waals surface area contributed by atoms with E-state index < -0.39 is 8.15 Å². The average Bonchev–Trinajstić information content (AvgIpc) is 2.38. The molecule has 0 aliphatic rings. The summed E-state index contributed by atoms with van der Waals surface area (Å²) in [5.74, 6) is 0. The minimum Gasteiger partial charge on any atom is -0.350 e. The molecule has 2 aromatic rings. The molecule has 1 atom stereocenters. The van der Waals surface area contributed by atoms with E-state index in [2.05, 4.69) is 58.4 Å². The van der Waals surface area contributed by atoms with Gasteiger partial charge in [-0.25, -0.2) is 0 Å². The molecule has 0 heterocycles. The zero-order valence-corrected chi connectivity index (χ0v) is 12.1. The van der Waals surface area contributed by atoms with E-state index in [-0.39, 0.29) is 0 Å². The van der Waals surface area contributed by atoms with Crippen LogP contribution in [-0.4, -0.2) is 6.61 Å². The molecule has 0 saturated carbocycles. The van der Waals surface area contributed by atoms with E-state index in [4.69, 9.17) is 4.52 Å². The second-order valence-electron chi connectivity index (χ2n) is 3.50. The molecule has 0 aromatic heterocycles. The van der Waals surface area contributed by atoms with Crippen LogP contribution < -0.4 is 10.6 Å². The van der Waals surface area contributed by atoms with E-state index in [0.29, 0.717) is 0 Å². The maximum Gasteiger partial charge on any atom is 0.0928 e. The average molecular weight is 309 g/mol. The summed E-state index contributed by atoms with van der Waals surface area (Å²) in [6.07, 6.45) is 0. The zero-order valence-electron chi connectivity index (χ0n) is 9.64. The van der Waals surface area contributed by atoms with Crippen molar-refractivity contribution in [3.8, 4) is 0 Å². The molecular weight excluding hydrogens is 295 g/mol. The van der Waals surface area contributed by atoms with Crippen molar-refractivity contribution in [2.24, 2.45) is 0 Å². The molecule has 0 spiro atoms. The van der Waals surface area contributed by atoms with Crippen LogP contribution in [0.2, 0.25) is 0 Å². The van der Waals surface area contributed by atoms with Gasteiger partial charge in [-0.2, -0.15) is 0 Å². The predicted octanol–water partition coefficient (Wildman–Crippen LogP) is 3.83. The quantitative estimate of drug-likeness (QED) is 0.780. The molecule has 1 nitrogen and oxygen atoms in total. The van der Waals surface area contributed by atoms with Gasteiger partial charge in [0.1, 0.15) is 0 Å². The first-order valence-corrected chi connectivity index (χ1v) is 7.61. The fraction of sp³-hybridized carbons (Fsp3) is 0.143. The molecule has 0 aliphatic carbocycles. The lowest BCUT2D eigenvalue weighted by Crippen LogP contribution is -2.14. The van der Waals surface area contributed by atoms with Gasteiger partial charge in [-0.15, -0.1) is 0 Å². The van der Waals surface area contributed by atoms with Gasteiger partial charge < -0.3 is 4.52 Å². The first-order chi connectivity index (χ1) is 8.33. The van der Waals surface area contributed by atoms with Gasteiger partial charge in [0.2, 0.25) is 0 Å². The zero-order chi connectivity index (χ0) is 12.1. The molecule has 2 rings (SSSR count). The van der Waals surface area contributed by atoms with Gasteiger partial charge in [0.05, 0.1) is 8.15 Å². The Hall–Kier alpha value is -0.690. The summed E-state index contributed by atoms with van der Waals surface area (Å²) < 4.78 is 7.04. The summed E-state index contributed by atoms with van der Waals surface area (Å²) in [7, 11) is -0.719. The standard InChI is InChI=1S/C14H14BrOP/c1-2-16-17(12-8-4-3-5-9-12)14-11-7-6-10-13(14)15/h3-11H,2H2,1H3. The number of rotatable bonds is 4. The highest BCUT2D eigenvalue weighted by Crippen LogP contribution is 2.37. The number of benzene rings is 2. The summed E-state index contributed by atoms with van der Waals surface area (Å²) >= 11 is 3.60. The molecular formula is C14H14BrOP. The van der Waals surface area contributed by atoms with Crippen LogP contribution in [0.1, 0.15) is 6.92 Å². The molecule has 0 aliphatic heterocycles. The minimum atomic E-state index is -0.719. The molecule has 0 bridgehead atoms. The van der Waals surface area contributed by atoms with Gasteiger partial charge in [-0.1, -0.05) is 64.5 Å². The lowest BCUT2D eigenvalue weighted by molar-refractivity contribution is 0.388. The summed E-state index contributed by atoms with van der Waals surface area (Å²) in [6.45, 7) is 2.76. The van der Waals surface area contributed by atoms with Crippen LogP contribution in [-0.2, 0) is 4.52 Å². The van der Waals surface area contributed by atoms with Gasteiger partial charge in [0, 0.05) is 21.7 Å². The van der Waals surface area contributed by atoms with Gasteiger partial charge in [0.25, 0.3) is 0 Å². The molecule has 3 heteroatoms. The van der Waals surface area contributed by atoms with Gasteiger partial charge >= 0.3 is 0 Å². The van der Waals surface area contributed by atoms with Crippen LogP contribution in [0.3, 0.4) is 0 Å². The maximum absolute atomic E-state index is 5.93.